The molecular weight excluding hydrogens is 519 g/mol. The van der Waals surface area contributed by atoms with Crippen molar-refractivity contribution >= 4 is 40.8 Å². The normalized spacial score (nSPS) is 16.9. The highest BCUT2D eigenvalue weighted by atomic mass is 35.5. The lowest BCUT2D eigenvalue weighted by molar-refractivity contribution is -0.146. The fraction of sp³-hybridized carbons (Fsp3) is 0.323. The summed E-state index contributed by atoms with van der Waals surface area (Å²) in [6, 6.07) is 18.3. The fourth-order valence-corrected chi connectivity index (χ4v) is 5.27. The predicted octanol–water partition coefficient (Wildman–Crippen LogP) is 6.71. The van der Waals surface area contributed by atoms with Gasteiger partial charge in [-0.15, -0.1) is 0 Å². The van der Waals surface area contributed by atoms with Gasteiger partial charge in [0.05, 0.1) is 11.3 Å². The Morgan fingerprint density at radius 1 is 1.08 bits per heavy atom. The first-order valence-electron chi connectivity index (χ1n) is 13.0. The van der Waals surface area contributed by atoms with Crippen LogP contribution in [0.2, 0.25) is 5.02 Å². The van der Waals surface area contributed by atoms with E-state index in [1.807, 2.05) is 50.2 Å². The lowest BCUT2D eigenvalue weighted by Gasteiger charge is -2.40. The third kappa shape index (κ3) is 5.69. The highest BCUT2D eigenvalue weighted by molar-refractivity contribution is 6.30. The molecule has 0 unspecified atom stereocenters. The van der Waals surface area contributed by atoms with E-state index in [0.29, 0.717) is 23.7 Å². The summed E-state index contributed by atoms with van der Waals surface area (Å²) in [5.41, 5.74) is 1.35. The van der Waals surface area contributed by atoms with Crippen LogP contribution in [0, 0.1) is 11.2 Å². The van der Waals surface area contributed by atoms with Crippen molar-refractivity contribution in [2.45, 2.75) is 52.5 Å². The van der Waals surface area contributed by atoms with Gasteiger partial charge in [-0.05, 0) is 94.1 Å². The standard InChI is InChI=1S/C31H32ClFN2O4/c1-5-34(23-14-12-22(32)13-15-23)29(37)25-16-19(2)35(27-9-7-6-8-24(25)27)28(36)20-10-11-21(26(33)17-20)18-31(3,4)30(38)39/h6-15,17,19,25H,5,16,18H2,1-4H3,(H,38,39)/t19-,25-/m0/s1. The third-order valence-electron chi connectivity index (χ3n) is 7.34. The number of halogens is 2. The van der Waals surface area contributed by atoms with E-state index in [1.165, 1.54) is 32.0 Å². The van der Waals surface area contributed by atoms with Crippen molar-refractivity contribution in [2.75, 3.05) is 16.3 Å². The van der Waals surface area contributed by atoms with Crippen molar-refractivity contribution in [3.8, 4) is 0 Å². The van der Waals surface area contributed by atoms with Gasteiger partial charge in [0.2, 0.25) is 5.91 Å². The van der Waals surface area contributed by atoms with Gasteiger partial charge in [-0.25, -0.2) is 4.39 Å². The average molecular weight is 551 g/mol. The summed E-state index contributed by atoms with van der Waals surface area (Å²) in [7, 11) is 0. The minimum absolute atomic E-state index is 0.00305. The number of nitrogens with zero attached hydrogens (tertiary/aromatic N) is 2. The number of para-hydroxylation sites is 1. The van der Waals surface area contributed by atoms with Crippen LogP contribution < -0.4 is 9.80 Å². The van der Waals surface area contributed by atoms with Gasteiger partial charge in [0, 0.05) is 34.5 Å². The number of rotatable bonds is 7. The second-order valence-electron chi connectivity index (χ2n) is 10.6. The number of carbonyl (C=O) groups is 3. The van der Waals surface area contributed by atoms with E-state index in [2.05, 4.69) is 0 Å². The van der Waals surface area contributed by atoms with Gasteiger partial charge in [0.25, 0.3) is 5.91 Å². The molecule has 0 saturated carbocycles. The minimum atomic E-state index is -1.15. The first-order valence-corrected chi connectivity index (χ1v) is 13.3. The maximum atomic E-state index is 15.0. The van der Waals surface area contributed by atoms with Crippen LogP contribution in [0.15, 0.2) is 66.7 Å². The zero-order valence-corrected chi connectivity index (χ0v) is 23.2. The fourth-order valence-electron chi connectivity index (χ4n) is 5.15. The highest BCUT2D eigenvalue weighted by Gasteiger charge is 2.39. The van der Waals surface area contributed by atoms with Crippen LogP contribution in [0.3, 0.4) is 0 Å². The van der Waals surface area contributed by atoms with E-state index in [4.69, 9.17) is 11.6 Å². The number of hydrogen-bond donors (Lipinski definition) is 1. The molecule has 0 fully saturated rings. The summed E-state index contributed by atoms with van der Waals surface area (Å²) in [6.07, 6.45) is 0.399. The minimum Gasteiger partial charge on any atom is -0.481 e. The number of hydrogen-bond acceptors (Lipinski definition) is 3. The Balaban J connectivity index is 1.65. The maximum Gasteiger partial charge on any atom is 0.309 e. The summed E-state index contributed by atoms with van der Waals surface area (Å²) in [5.74, 6) is -2.56. The zero-order chi connectivity index (χ0) is 28.5. The first kappa shape index (κ1) is 28.3. The molecule has 3 aromatic rings. The molecule has 1 heterocycles. The smallest absolute Gasteiger partial charge is 0.309 e. The molecule has 1 aliphatic rings. The zero-order valence-electron chi connectivity index (χ0n) is 22.4. The average Bonchev–Trinajstić information content (AvgIpc) is 2.90. The topological polar surface area (TPSA) is 77.9 Å². The van der Waals surface area contributed by atoms with Crippen LogP contribution in [-0.2, 0) is 16.0 Å². The van der Waals surface area contributed by atoms with Crippen molar-refractivity contribution in [3.63, 3.8) is 0 Å². The number of carbonyl (C=O) groups excluding carboxylic acids is 2. The van der Waals surface area contributed by atoms with Gasteiger partial charge < -0.3 is 14.9 Å². The Bertz CT molecular complexity index is 1410. The molecule has 6 nitrogen and oxygen atoms in total. The molecule has 0 aromatic heterocycles. The molecule has 2 amide bonds. The number of fused-ring (bicyclic) bond motifs is 1. The number of likely N-dealkylation sites (N-methyl/N-ethyl adjacent to an activating group) is 1. The number of carboxylic acid groups (broad SMARTS) is 1. The van der Waals surface area contributed by atoms with Gasteiger partial charge in [-0.3, -0.25) is 14.4 Å². The molecule has 204 valence electrons. The molecule has 2 atom stereocenters. The number of amides is 2. The molecule has 39 heavy (non-hydrogen) atoms. The summed E-state index contributed by atoms with van der Waals surface area (Å²) < 4.78 is 15.0. The second-order valence-corrected chi connectivity index (χ2v) is 11.0. The van der Waals surface area contributed by atoms with Gasteiger partial charge in [0.1, 0.15) is 5.82 Å². The lowest BCUT2D eigenvalue weighted by Crippen LogP contribution is -2.46. The van der Waals surface area contributed by atoms with Crippen LogP contribution in [0.5, 0.6) is 0 Å². The van der Waals surface area contributed by atoms with Gasteiger partial charge in [0.15, 0.2) is 0 Å². The summed E-state index contributed by atoms with van der Waals surface area (Å²) in [6.45, 7) is 7.33. The van der Waals surface area contributed by atoms with Crippen LogP contribution in [-0.4, -0.2) is 35.5 Å². The SMILES string of the molecule is CCN(C(=O)[C@H]1C[C@H](C)N(C(=O)c2ccc(CC(C)(C)C(=O)O)c(F)c2)c2ccccc21)c1ccc(Cl)cc1. The van der Waals surface area contributed by atoms with Crippen molar-refractivity contribution in [1.82, 2.24) is 0 Å². The van der Waals surface area contributed by atoms with Crippen LogP contribution >= 0.6 is 11.6 Å². The summed E-state index contributed by atoms with van der Waals surface area (Å²) >= 11 is 6.04. The van der Waals surface area contributed by atoms with Gasteiger partial charge >= 0.3 is 5.97 Å². The lowest BCUT2D eigenvalue weighted by atomic mass is 9.84. The number of aliphatic carboxylic acids is 1. The third-order valence-corrected chi connectivity index (χ3v) is 7.59. The number of anilines is 2. The van der Waals surface area contributed by atoms with Crippen molar-refractivity contribution in [1.29, 1.82) is 0 Å². The molecule has 0 bridgehead atoms. The van der Waals surface area contributed by atoms with Crippen molar-refractivity contribution in [3.05, 3.63) is 94.3 Å². The second kappa shape index (κ2) is 11.2. The Morgan fingerprint density at radius 3 is 2.36 bits per heavy atom. The molecule has 0 aliphatic carbocycles. The molecule has 3 aromatic carbocycles. The van der Waals surface area contributed by atoms with Crippen LogP contribution in [0.4, 0.5) is 15.8 Å². The molecule has 0 radical (unpaired) electrons. The number of carboxylic acids is 1. The van der Waals surface area contributed by atoms with E-state index in [0.717, 1.165) is 11.3 Å². The molecule has 8 heteroatoms. The number of benzene rings is 3. The Morgan fingerprint density at radius 2 is 1.74 bits per heavy atom. The summed E-state index contributed by atoms with van der Waals surface area (Å²) in [4.78, 5) is 42.3. The molecular formula is C31H32ClFN2O4. The molecule has 0 spiro atoms. The predicted molar refractivity (Wildman–Crippen MR) is 151 cm³/mol. The quantitative estimate of drug-likeness (QED) is 0.355. The molecule has 4 rings (SSSR count). The largest absolute Gasteiger partial charge is 0.481 e. The van der Waals surface area contributed by atoms with Crippen LogP contribution in [0.1, 0.15) is 61.5 Å². The van der Waals surface area contributed by atoms with E-state index >= 15 is 4.39 Å². The van der Waals surface area contributed by atoms with E-state index < -0.39 is 23.1 Å². The van der Waals surface area contributed by atoms with Crippen molar-refractivity contribution < 1.29 is 23.9 Å². The van der Waals surface area contributed by atoms with Crippen LogP contribution in [0.25, 0.3) is 0 Å². The van der Waals surface area contributed by atoms with Gasteiger partial charge in [-0.1, -0.05) is 35.9 Å². The molecule has 0 saturated heterocycles. The van der Waals surface area contributed by atoms with Gasteiger partial charge in [-0.2, -0.15) is 0 Å². The summed E-state index contributed by atoms with van der Waals surface area (Å²) in [5, 5.41) is 9.99. The highest BCUT2D eigenvalue weighted by Crippen LogP contribution is 2.41. The molecule has 1 aliphatic heterocycles. The van der Waals surface area contributed by atoms with E-state index in [-0.39, 0.29) is 35.4 Å². The first-order chi connectivity index (χ1) is 18.4. The monoisotopic (exact) mass is 550 g/mol. The Hall–Kier alpha value is -3.71. The Labute approximate surface area is 233 Å². The Kier molecular flexibility index (Phi) is 8.12. The van der Waals surface area contributed by atoms with Crippen molar-refractivity contribution in [2.24, 2.45) is 5.41 Å². The van der Waals surface area contributed by atoms with E-state index in [1.54, 1.807) is 21.9 Å². The van der Waals surface area contributed by atoms with E-state index in [9.17, 15) is 19.5 Å². The molecule has 1 N–H and O–H groups in total. The maximum absolute atomic E-state index is 15.0.